The number of ketones is 1. The second kappa shape index (κ2) is 5.81. The van der Waals surface area contributed by atoms with Crippen LogP contribution in [-0.2, 0) is 25.1 Å². The zero-order valence-corrected chi connectivity index (χ0v) is 7.18. The van der Waals surface area contributed by atoms with Crippen molar-refractivity contribution >= 4 is 23.1 Å². The summed E-state index contributed by atoms with van der Waals surface area (Å²) in [6.45, 7) is 0.814. The lowest BCUT2D eigenvalue weighted by atomic mass is 10.3. The molecule has 0 saturated heterocycles. The van der Waals surface area contributed by atoms with Crippen molar-refractivity contribution < 1.29 is 22.5 Å². The van der Waals surface area contributed by atoms with E-state index in [2.05, 4.69) is 9.50 Å². The molecule has 0 aromatic heterocycles. The lowest BCUT2D eigenvalue weighted by Crippen LogP contribution is -2.27. The molecule has 0 aliphatic rings. The van der Waals surface area contributed by atoms with Crippen LogP contribution in [0.25, 0.3) is 0 Å². The first-order chi connectivity index (χ1) is 5.52. The predicted octanol–water partition coefficient (Wildman–Crippen LogP) is -1.15. The van der Waals surface area contributed by atoms with Gasteiger partial charge in [-0.15, -0.1) is 0 Å². The smallest absolute Gasteiger partial charge is 0.229 e. The molecule has 0 bridgehead atoms. The molecule has 1 N–H and O–H groups in total. The van der Waals surface area contributed by atoms with Gasteiger partial charge in [-0.25, -0.2) is 4.21 Å². The third kappa shape index (κ3) is 7.32. The topological polar surface area (TPSA) is 95.5 Å². The van der Waals surface area contributed by atoms with Crippen molar-refractivity contribution in [3.8, 4) is 0 Å². The Bertz CT molecular complexity index is 204. The summed E-state index contributed by atoms with van der Waals surface area (Å²) >= 11 is -2.64. The number of hydrogen-bond acceptors (Lipinski definition) is 5. The Morgan fingerprint density at radius 2 is 2.17 bits per heavy atom. The van der Waals surface area contributed by atoms with E-state index in [1.807, 2.05) is 0 Å². The van der Waals surface area contributed by atoms with Gasteiger partial charge in [0.1, 0.15) is 12.5 Å². The molecular formula is C5H8NO5S-. The highest BCUT2D eigenvalue weighted by molar-refractivity contribution is 7.74. The summed E-state index contributed by atoms with van der Waals surface area (Å²) in [5.74, 6) is -0.858. The molecule has 0 radical (unpaired) electrons. The summed E-state index contributed by atoms with van der Waals surface area (Å²) in [6, 6.07) is 0. The van der Waals surface area contributed by atoms with Crippen molar-refractivity contribution in [2.45, 2.75) is 13.3 Å². The van der Waals surface area contributed by atoms with Crippen molar-refractivity contribution in [1.29, 1.82) is 0 Å². The van der Waals surface area contributed by atoms with Crippen LogP contribution in [0.3, 0.4) is 0 Å². The molecule has 12 heavy (non-hydrogen) atoms. The van der Waals surface area contributed by atoms with E-state index >= 15 is 0 Å². The highest BCUT2D eigenvalue weighted by Crippen LogP contribution is 1.82. The maximum Gasteiger partial charge on any atom is 0.229 e. The Labute approximate surface area is 71.8 Å². The van der Waals surface area contributed by atoms with Gasteiger partial charge in [-0.1, -0.05) is 0 Å². The van der Waals surface area contributed by atoms with Gasteiger partial charge in [0.2, 0.25) is 5.91 Å². The molecule has 0 aliphatic heterocycles. The van der Waals surface area contributed by atoms with Gasteiger partial charge in [0.25, 0.3) is 0 Å². The van der Waals surface area contributed by atoms with Crippen molar-refractivity contribution in [1.82, 2.24) is 5.32 Å². The Kier molecular flexibility index (Phi) is 5.43. The Morgan fingerprint density at radius 1 is 1.58 bits per heavy atom. The average Bonchev–Trinajstić information content (AvgIpc) is 1.84. The van der Waals surface area contributed by atoms with Crippen molar-refractivity contribution in [3.63, 3.8) is 0 Å². The van der Waals surface area contributed by atoms with Gasteiger partial charge in [0.05, 0.1) is 17.8 Å². The molecule has 70 valence electrons. The minimum absolute atomic E-state index is 0.269. The molecule has 1 amide bonds. The fourth-order valence-corrected chi connectivity index (χ4v) is 0.602. The maximum atomic E-state index is 10.6. The zero-order valence-electron chi connectivity index (χ0n) is 6.36. The largest absolute Gasteiger partial charge is 0.750 e. The number of nitrogens with one attached hydrogen (secondary N) is 1. The monoisotopic (exact) mass is 194 g/mol. The summed E-state index contributed by atoms with van der Waals surface area (Å²) in [6.07, 6.45) is -0.269. The SMILES string of the molecule is CC(=O)CC(=O)NCOS(=O)[O-]. The minimum Gasteiger partial charge on any atom is -0.750 e. The van der Waals surface area contributed by atoms with E-state index in [0.717, 1.165) is 0 Å². The Hall–Kier alpha value is -0.790. The quantitative estimate of drug-likeness (QED) is 0.338. The molecule has 0 fully saturated rings. The molecular weight excluding hydrogens is 186 g/mol. The van der Waals surface area contributed by atoms with Crippen LogP contribution in [-0.4, -0.2) is 27.2 Å². The predicted molar refractivity (Wildman–Crippen MR) is 38.3 cm³/mol. The van der Waals surface area contributed by atoms with E-state index < -0.39 is 24.0 Å². The van der Waals surface area contributed by atoms with Gasteiger partial charge in [-0.2, -0.15) is 0 Å². The van der Waals surface area contributed by atoms with Crippen molar-refractivity contribution in [2.24, 2.45) is 0 Å². The zero-order chi connectivity index (χ0) is 9.56. The highest BCUT2D eigenvalue weighted by atomic mass is 32.2. The van der Waals surface area contributed by atoms with E-state index in [1.54, 1.807) is 0 Å². The summed E-state index contributed by atoms with van der Waals surface area (Å²) in [5.41, 5.74) is 0. The van der Waals surface area contributed by atoms with Gasteiger partial charge < -0.3 is 9.87 Å². The van der Waals surface area contributed by atoms with Crippen LogP contribution in [0.5, 0.6) is 0 Å². The summed E-state index contributed by atoms with van der Waals surface area (Å²) < 4.78 is 23.5. The molecule has 7 heteroatoms. The van der Waals surface area contributed by atoms with Crippen LogP contribution in [0.2, 0.25) is 0 Å². The highest BCUT2D eigenvalue weighted by Gasteiger charge is 2.02. The number of carbonyl (C=O) groups excluding carboxylic acids is 2. The second-order valence-electron chi connectivity index (χ2n) is 1.95. The lowest BCUT2D eigenvalue weighted by molar-refractivity contribution is -0.127. The first kappa shape index (κ1) is 11.2. The number of hydrogen-bond donors (Lipinski definition) is 1. The third-order valence-corrected chi connectivity index (χ3v) is 1.14. The Balaban J connectivity index is 3.44. The van der Waals surface area contributed by atoms with Crippen molar-refractivity contribution in [2.75, 3.05) is 6.73 Å². The molecule has 0 aliphatic carbocycles. The molecule has 1 unspecified atom stereocenters. The first-order valence-corrected chi connectivity index (χ1v) is 4.01. The van der Waals surface area contributed by atoms with E-state index in [4.69, 9.17) is 0 Å². The normalized spacial score (nSPS) is 12.2. The standard InChI is InChI=1S/C5H9NO5S/c1-4(7)2-5(8)6-3-11-12(9)10/h2-3H2,1H3,(H,6,8)(H,9,10)/p-1. The van der Waals surface area contributed by atoms with E-state index in [0.29, 0.717) is 0 Å². The van der Waals surface area contributed by atoms with Crippen LogP contribution in [0.4, 0.5) is 0 Å². The maximum absolute atomic E-state index is 10.6. The Morgan fingerprint density at radius 3 is 2.58 bits per heavy atom. The number of amides is 1. The van der Waals surface area contributed by atoms with Gasteiger partial charge in [0.15, 0.2) is 0 Å². The van der Waals surface area contributed by atoms with Crippen LogP contribution >= 0.6 is 0 Å². The summed E-state index contributed by atoms with van der Waals surface area (Å²) in [7, 11) is 0. The number of carbonyl (C=O) groups is 2. The van der Waals surface area contributed by atoms with Crippen LogP contribution in [0, 0.1) is 0 Å². The van der Waals surface area contributed by atoms with Crippen molar-refractivity contribution in [3.05, 3.63) is 0 Å². The van der Waals surface area contributed by atoms with Gasteiger partial charge in [-0.05, 0) is 6.92 Å². The minimum atomic E-state index is -2.64. The molecule has 0 aromatic carbocycles. The molecule has 0 rings (SSSR count). The molecule has 0 saturated carbocycles. The van der Waals surface area contributed by atoms with E-state index in [9.17, 15) is 18.4 Å². The van der Waals surface area contributed by atoms with E-state index in [-0.39, 0.29) is 12.2 Å². The van der Waals surface area contributed by atoms with E-state index in [1.165, 1.54) is 6.92 Å². The second-order valence-corrected chi connectivity index (χ2v) is 2.59. The third-order valence-electron chi connectivity index (χ3n) is 0.834. The van der Waals surface area contributed by atoms with Crippen LogP contribution in [0.1, 0.15) is 13.3 Å². The number of rotatable bonds is 5. The molecule has 6 nitrogen and oxygen atoms in total. The van der Waals surface area contributed by atoms with Crippen LogP contribution in [0.15, 0.2) is 0 Å². The fraction of sp³-hybridized carbons (Fsp3) is 0.600. The first-order valence-electron chi connectivity index (χ1n) is 3.01. The van der Waals surface area contributed by atoms with Crippen LogP contribution < -0.4 is 5.32 Å². The van der Waals surface area contributed by atoms with Gasteiger partial charge in [0, 0.05) is 0 Å². The summed E-state index contributed by atoms with van der Waals surface area (Å²) in [4.78, 5) is 20.9. The number of Topliss-reactive ketones (excluding diaryl/α,β-unsaturated/α-hetero) is 1. The van der Waals surface area contributed by atoms with Gasteiger partial charge in [-0.3, -0.25) is 13.8 Å². The summed E-state index contributed by atoms with van der Waals surface area (Å²) in [5, 5.41) is 2.07. The fourth-order valence-electron chi connectivity index (χ4n) is 0.447. The lowest BCUT2D eigenvalue weighted by Gasteiger charge is -2.06. The molecule has 1 atom stereocenters. The van der Waals surface area contributed by atoms with Gasteiger partial charge >= 0.3 is 0 Å². The average molecular weight is 194 g/mol. The molecule has 0 heterocycles. The molecule has 0 aromatic rings. The molecule has 0 spiro atoms.